The van der Waals surface area contributed by atoms with Crippen molar-refractivity contribution < 1.29 is 18.0 Å². The Morgan fingerprint density at radius 1 is 0.902 bits per heavy atom. The second-order valence-electron chi connectivity index (χ2n) is 9.65. The summed E-state index contributed by atoms with van der Waals surface area (Å²) in [4.78, 5) is 29.2. The fourth-order valence-corrected chi connectivity index (χ4v) is 5.68. The number of carbonyl (C=O) groups is 2. The molecule has 3 aromatic rings. The minimum Gasteiger partial charge on any atom is -0.352 e. The standard InChI is InChI=1S/C29H31Cl4N3O4S/c1-4-19(2)34-29(38)27(14-20-8-6-5-7-9-20)35(17-21-10-11-22(30)15-25(21)32)28(37)18-36(41(3,39)40)23-12-13-24(31)26(33)16-23/h5-13,15-16,19,27H,4,14,17-18H2,1-3H3,(H,34,38). The molecule has 7 nitrogen and oxygen atoms in total. The number of hydrogen-bond acceptors (Lipinski definition) is 4. The maximum absolute atomic E-state index is 14.1. The largest absolute Gasteiger partial charge is 0.352 e. The number of benzene rings is 3. The van der Waals surface area contributed by atoms with Crippen molar-refractivity contribution in [3.8, 4) is 0 Å². The number of nitrogens with zero attached hydrogens (tertiary/aromatic N) is 2. The Hall–Kier alpha value is -2.49. The van der Waals surface area contributed by atoms with Crippen LogP contribution in [0, 0.1) is 0 Å². The van der Waals surface area contributed by atoms with E-state index in [1.165, 1.54) is 23.1 Å². The van der Waals surface area contributed by atoms with Crippen LogP contribution in [-0.2, 0) is 32.6 Å². The van der Waals surface area contributed by atoms with E-state index < -0.39 is 28.5 Å². The predicted molar refractivity (Wildman–Crippen MR) is 167 cm³/mol. The zero-order chi connectivity index (χ0) is 30.3. The van der Waals surface area contributed by atoms with Gasteiger partial charge in [-0.25, -0.2) is 8.42 Å². The van der Waals surface area contributed by atoms with Crippen molar-refractivity contribution in [2.75, 3.05) is 17.1 Å². The molecule has 0 spiro atoms. The molecule has 0 radical (unpaired) electrons. The zero-order valence-electron chi connectivity index (χ0n) is 22.8. The number of amides is 2. The van der Waals surface area contributed by atoms with Gasteiger partial charge < -0.3 is 10.2 Å². The molecule has 0 saturated heterocycles. The van der Waals surface area contributed by atoms with Crippen molar-refractivity contribution >= 4 is 73.9 Å². The van der Waals surface area contributed by atoms with E-state index >= 15 is 0 Å². The predicted octanol–water partition coefficient (Wildman–Crippen LogP) is 6.62. The molecule has 0 aliphatic rings. The van der Waals surface area contributed by atoms with E-state index in [1.807, 2.05) is 44.2 Å². The van der Waals surface area contributed by atoms with Gasteiger partial charge in [-0.1, -0.05) is 89.7 Å². The molecule has 0 heterocycles. The summed E-state index contributed by atoms with van der Waals surface area (Å²) in [6.07, 6.45) is 1.85. The lowest BCUT2D eigenvalue weighted by atomic mass is 10.0. The second kappa shape index (κ2) is 14.6. The van der Waals surface area contributed by atoms with Crippen LogP contribution < -0.4 is 9.62 Å². The molecule has 1 N–H and O–H groups in total. The second-order valence-corrected chi connectivity index (χ2v) is 13.2. The molecule has 0 fully saturated rings. The number of halogens is 4. The molecular formula is C29H31Cl4N3O4S. The third-order valence-corrected chi connectivity index (χ3v) is 8.96. The summed E-state index contributed by atoms with van der Waals surface area (Å²) < 4.78 is 26.7. The van der Waals surface area contributed by atoms with Crippen molar-refractivity contribution in [2.45, 2.75) is 45.3 Å². The summed E-state index contributed by atoms with van der Waals surface area (Å²) in [5, 5.41) is 4.06. The quantitative estimate of drug-likeness (QED) is 0.237. The van der Waals surface area contributed by atoms with Gasteiger partial charge in [-0.2, -0.15) is 0 Å². The first kappa shape index (κ1) is 33.0. The highest BCUT2D eigenvalue weighted by Gasteiger charge is 2.34. The van der Waals surface area contributed by atoms with Crippen LogP contribution in [0.25, 0.3) is 0 Å². The lowest BCUT2D eigenvalue weighted by Gasteiger charge is -2.34. The molecule has 3 rings (SSSR count). The smallest absolute Gasteiger partial charge is 0.244 e. The fraction of sp³-hybridized carbons (Fsp3) is 0.310. The number of nitrogens with one attached hydrogen (secondary N) is 1. The van der Waals surface area contributed by atoms with E-state index in [9.17, 15) is 18.0 Å². The lowest BCUT2D eigenvalue weighted by molar-refractivity contribution is -0.140. The van der Waals surface area contributed by atoms with Crippen molar-refractivity contribution in [1.29, 1.82) is 0 Å². The molecule has 220 valence electrons. The molecule has 0 bridgehead atoms. The Morgan fingerprint density at radius 3 is 2.17 bits per heavy atom. The lowest BCUT2D eigenvalue weighted by Crippen LogP contribution is -2.54. The summed E-state index contributed by atoms with van der Waals surface area (Å²) >= 11 is 24.8. The highest BCUT2D eigenvalue weighted by molar-refractivity contribution is 7.92. The van der Waals surface area contributed by atoms with Crippen LogP contribution in [0.4, 0.5) is 5.69 Å². The third kappa shape index (κ3) is 9.25. The van der Waals surface area contributed by atoms with Crippen LogP contribution in [-0.4, -0.2) is 50.0 Å². The monoisotopic (exact) mass is 657 g/mol. The van der Waals surface area contributed by atoms with Gasteiger partial charge in [0.2, 0.25) is 21.8 Å². The highest BCUT2D eigenvalue weighted by Crippen LogP contribution is 2.29. The number of rotatable bonds is 12. The first-order chi connectivity index (χ1) is 19.3. The van der Waals surface area contributed by atoms with Gasteiger partial charge >= 0.3 is 0 Å². The minimum atomic E-state index is -3.95. The number of anilines is 1. The van der Waals surface area contributed by atoms with E-state index in [2.05, 4.69) is 5.32 Å². The Bertz CT molecular complexity index is 1490. The summed E-state index contributed by atoms with van der Waals surface area (Å²) in [7, 11) is -3.95. The van der Waals surface area contributed by atoms with Gasteiger partial charge in [0.15, 0.2) is 0 Å². The van der Waals surface area contributed by atoms with Gasteiger partial charge in [-0.3, -0.25) is 13.9 Å². The average molecular weight is 659 g/mol. The molecule has 0 aromatic heterocycles. The molecule has 0 aliphatic heterocycles. The van der Waals surface area contributed by atoms with Crippen molar-refractivity contribution in [1.82, 2.24) is 10.2 Å². The summed E-state index contributed by atoms with van der Waals surface area (Å²) in [5.74, 6) is -0.991. The van der Waals surface area contributed by atoms with Gasteiger partial charge in [0.25, 0.3) is 0 Å². The molecule has 41 heavy (non-hydrogen) atoms. The maximum atomic E-state index is 14.1. The molecule has 2 unspecified atom stereocenters. The number of carbonyl (C=O) groups excluding carboxylic acids is 2. The van der Waals surface area contributed by atoms with Crippen LogP contribution in [0.2, 0.25) is 20.1 Å². The first-order valence-corrected chi connectivity index (χ1v) is 16.2. The Labute approximate surface area is 261 Å². The fourth-order valence-electron chi connectivity index (χ4n) is 4.08. The average Bonchev–Trinajstić information content (AvgIpc) is 2.91. The van der Waals surface area contributed by atoms with Gasteiger partial charge in [0.1, 0.15) is 12.6 Å². The van der Waals surface area contributed by atoms with Crippen LogP contribution in [0.15, 0.2) is 66.7 Å². The SMILES string of the molecule is CCC(C)NC(=O)C(Cc1ccccc1)N(Cc1ccc(Cl)cc1Cl)C(=O)CN(c1ccc(Cl)c(Cl)c1)S(C)(=O)=O. The van der Waals surface area contributed by atoms with Gasteiger partial charge in [0.05, 0.1) is 22.0 Å². The highest BCUT2D eigenvalue weighted by atomic mass is 35.5. The number of hydrogen-bond donors (Lipinski definition) is 1. The summed E-state index contributed by atoms with van der Waals surface area (Å²) in [6.45, 7) is 3.15. The van der Waals surface area contributed by atoms with E-state index in [0.717, 1.165) is 16.1 Å². The maximum Gasteiger partial charge on any atom is 0.244 e. The Balaban J connectivity index is 2.10. The molecule has 2 atom stereocenters. The van der Waals surface area contributed by atoms with E-state index in [4.69, 9.17) is 46.4 Å². The van der Waals surface area contributed by atoms with Crippen molar-refractivity contribution in [2.24, 2.45) is 0 Å². The van der Waals surface area contributed by atoms with Crippen LogP contribution >= 0.6 is 46.4 Å². The van der Waals surface area contributed by atoms with E-state index in [0.29, 0.717) is 22.0 Å². The van der Waals surface area contributed by atoms with Crippen LogP contribution in [0.1, 0.15) is 31.4 Å². The third-order valence-electron chi connectivity index (χ3n) is 6.50. The Kier molecular flexibility index (Phi) is 11.8. The van der Waals surface area contributed by atoms with Crippen LogP contribution in [0.5, 0.6) is 0 Å². The summed E-state index contributed by atoms with van der Waals surface area (Å²) in [6, 6.07) is 17.3. The van der Waals surface area contributed by atoms with Crippen molar-refractivity contribution in [3.63, 3.8) is 0 Å². The molecule has 2 amide bonds. The Morgan fingerprint density at radius 2 is 1.59 bits per heavy atom. The minimum absolute atomic E-state index is 0.0702. The molecule has 3 aromatic carbocycles. The molecule has 0 saturated carbocycles. The normalized spacial score (nSPS) is 12.9. The van der Waals surface area contributed by atoms with Gasteiger partial charge in [0, 0.05) is 29.1 Å². The molecular weight excluding hydrogens is 628 g/mol. The topological polar surface area (TPSA) is 86.8 Å². The van der Waals surface area contributed by atoms with E-state index in [-0.39, 0.29) is 40.6 Å². The van der Waals surface area contributed by atoms with Gasteiger partial charge in [-0.05, 0) is 54.8 Å². The van der Waals surface area contributed by atoms with Crippen LogP contribution in [0.3, 0.4) is 0 Å². The first-order valence-electron chi connectivity index (χ1n) is 12.8. The number of sulfonamides is 1. The molecule has 0 aliphatic carbocycles. The van der Waals surface area contributed by atoms with Crippen molar-refractivity contribution in [3.05, 3.63) is 97.9 Å². The van der Waals surface area contributed by atoms with Gasteiger partial charge in [-0.15, -0.1) is 0 Å². The van der Waals surface area contributed by atoms with E-state index in [1.54, 1.807) is 18.2 Å². The molecule has 12 heteroatoms. The summed E-state index contributed by atoms with van der Waals surface area (Å²) in [5.41, 5.74) is 1.52. The zero-order valence-corrected chi connectivity index (χ0v) is 26.6.